The van der Waals surface area contributed by atoms with E-state index in [1.807, 2.05) is 6.92 Å². The van der Waals surface area contributed by atoms with Crippen molar-refractivity contribution in [2.75, 3.05) is 13.7 Å². The molecule has 0 spiro atoms. The van der Waals surface area contributed by atoms with Crippen LogP contribution >= 0.6 is 24.0 Å². The number of nitrogens with one attached hydrogen (secondary N) is 2. The van der Waals surface area contributed by atoms with Crippen LogP contribution in [-0.2, 0) is 6.54 Å². The Hall–Kier alpha value is -1.32. The third-order valence-corrected chi connectivity index (χ3v) is 3.57. The fourth-order valence-corrected chi connectivity index (χ4v) is 1.88. The van der Waals surface area contributed by atoms with Gasteiger partial charge in [0.1, 0.15) is 0 Å². The number of ether oxygens (including phenoxy) is 2. The number of aliphatic imine (C=N–C) groups is 1. The molecule has 8 heteroatoms. The smallest absolute Gasteiger partial charge is 0.387 e. The first kappa shape index (κ1) is 23.7. The van der Waals surface area contributed by atoms with Crippen molar-refractivity contribution in [3.05, 3.63) is 23.8 Å². The lowest BCUT2D eigenvalue weighted by molar-refractivity contribution is -0.0512. The second-order valence-electron chi connectivity index (χ2n) is 5.74. The summed E-state index contributed by atoms with van der Waals surface area (Å²) in [6, 6.07) is 5.15. The Labute approximate surface area is 165 Å². The monoisotopic (exact) mass is 471 g/mol. The molecule has 0 aliphatic carbocycles. The van der Waals surface area contributed by atoms with Gasteiger partial charge in [0.2, 0.25) is 0 Å². The maximum atomic E-state index is 12.5. The van der Waals surface area contributed by atoms with Crippen molar-refractivity contribution >= 4 is 29.9 Å². The van der Waals surface area contributed by atoms with Crippen molar-refractivity contribution in [3.8, 4) is 11.5 Å². The molecule has 1 atom stereocenters. The Balaban J connectivity index is 0.00000576. The summed E-state index contributed by atoms with van der Waals surface area (Å²) in [5.41, 5.74) is 0.751. The number of guanidine groups is 1. The highest BCUT2D eigenvalue weighted by atomic mass is 127. The molecule has 0 saturated heterocycles. The Morgan fingerprint density at radius 3 is 2.40 bits per heavy atom. The lowest BCUT2D eigenvalue weighted by Gasteiger charge is -2.20. The zero-order valence-electron chi connectivity index (χ0n) is 15.3. The summed E-state index contributed by atoms with van der Waals surface area (Å²) >= 11 is 0. The fourth-order valence-electron chi connectivity index (χ4n) is 1.88. The molecule has 1 rings (SSSR count). The van der Waals surface area contributed by atoms with Gasteiger partial charge in [-0.1, -0.05) is 19.9 Å². The van der Waals surface area contributed by atoms with Gasteiger partial charge in [-0.3, -0.25) is 0 Å². The highest BCUT2D eigenvalue weighted by Gasteiger charge is 2.12. The van der Waals surface area contributed by atoms with Gasteiger partial charge in [0.15, 0.2) is 17.5 Å². The predicted octanol–water partition coefficient (Wildman–Crippen LogP) is 4.01. The van der Waals surface area contributed by atoms with Crippen LogP contribution in [0, 0.1) is 5.92 Å². The van der Waals surface area contributed by atoms with E-state index < -0.39 is 6.61 Å². The molecule has 1 aromatic carbocycles. The molecule has 1 unspecified atom stereocenters. The van der Waals surface area contributed by atoms with E-state index >= 15 is 0 Å². The molecule has 0 aliphatic heterocycles. The largest absolute Gasteiger partial charge is 0.493 e. The van der Waals surface area contributed by atoms with Crippen LogP contribution in [0.15, 0.2) is 23.2 Å². The molecule has 0 bridgehead atoms. The Kier molecular flexibility index (Phi) is 11.5. The van der Waals surface area contributed by atoms with Crippen molar-refractivity contribution in [2.45, 2.75) is 46.9 Å². The lowest BCUT2D eigenvalue weighted by Crippen LogP contribution is -2.44. The number of nitrogens with zero attached hydrogens (tertiary/aromatic N) is 1. The van der Waals surface area contributed by atoms with E-state index in [-0.39, 0.29) is 41.5 Å². The van der Waals surface area contributed by atoms with E-state index in [2.05, 4.69) is 41.1 Å². The molecule has 0 amide bonds. The summed E-state index contributed by atoms with van der Waals surface area (Å²) in [4.78, 5) is 4.49. The van der Waals surface area contributed by atoms with Gasteiger partial charge < -0.3 is 20.1 Å². The minimum absolute atomic E-state index is 0. The third kappa shape index (κ3) is 8.55. The lowest BCUT2D eigenvalue weighted by atomic mass is 10.1. The van der Waals surface area contributed by atoms with Gasteiger partial charge in [0.05, 0.1) is 13.7 Å². The zero-order chi connectivity index (χ0) is 18.1. The van der Waals surface area contributed by atoms with Gasteiger partial charge in [-0.05, 0) is 37.5 Å². The Morgan fingerprint density at radius 2 is 1.88 bits per heavy atom. The summed E-state index contributed by atoms with van der Waals surface area (Å²) in [7, 11) is 1.41. The molecule has 25 heavy (non-hydrogen) atoms. The predicted molar refractivity (Wildman–Crippen MR) is 107 cm³/mol. The van der Waals surface area contributed by atoms with Gasteiger partial charge in [0.25, 0.3) is 0 Å². The molecule has 2 N–H and O–H groups in total. The van der Waals surface area contributed by atoms with Gasteiger partial charge in [0, 0.05) is 12.6 Å². The Bertz CT molecular complexity index is 543. The van der Waals surface area contributed by atoms with Crippen LogP contribution in [0.25, 0.3) is 0 Å². The number of methoxy groups -OCH3 is 1. The topological polar surface area (TPSA) is 54.9 Å². The minimum atomic E-state index is -2.90. The molecule has 0 aliphatic rings. The number of hydrogen-bond donors (Lipinski definition) is 2. The van der Waals surface area contributed by atoms with Gasteiger partial charge in [-0.2, -0.15) is 8.78 Å². The maximum Gasteiger partial charge on any atom is 0.387 e. The second-order valence-corrected chi connectivity index (χ2v) is 5.74. The van der Waals surface area contributed by atoms with E-state index in [9.17, 15) is 8.78 Å². The van der Waals surface area contributed by atoms with E-state index in [1.165, 1.54) is 13.2 Å². The molecular weight excluding hydrogens is 443 g/mol. The normalized spacial score (nSPS) is 12.6. The van der Waals surface area contributed by atoms with Crippen LogP contribution in [0.1, 0.15) is 33.3 Å². The first-order valence-corrected chi connectivity index (χ1v) is 8.03. The standard InChI is InChI=1S/C17H27F2N3O2.HI/c1-6-20-17(22-12(4)11(2)3)21-10-13-7-8-14(23-5)15(9-13)24-16(18)19;/h7-9,11-12,16H,6,10H2,1-5H3,(H2,20,21,22);1H. The molecule has 144 valence electrons. The average molecular weight is 471 g/mol. The van der Waals surface area contributed by atoms with Gasteiger partial charge >= 0.3 is 6.61 Å². The van der Waals surface area contributed by atoms with Crippen molar-refractivity contribution in [3.63, 3.8) is 0 Å². The van der Waals surface area contributed by atoms with Crippen molar-refractivity contribution < 1.29 is 18.3 Å². The van der Waals surface area contributed by atoms with Crippen molar-refractivity contribution in [1.29, 1.82) is 0 Å². The van der Waals surface area contributed by atoms with Crippen LogP contribution in [-0.4, -0.2) is 32.3 Å². The van der Waals surface area contributed by atoms with E-state index in [4.69, 9.17) is 4.74 Å². The molecule has 0 heterocycles. The Morgan fingerprint density at radius 1 is 1.20 bits per heavy atom. The number of hydrogen-bond acceptors (Lipinski definition) is 3. The minimum Gasteiger partial charge on any atom is -0.493 e. The second kappa shape index (κ2) is 12.1. The molecule has 5 nitrogen and oxygen atoms in total. The fraction of sp³-hybridized carbons (Fsp3) is 0.588. The van der Waals surface area contributed by atoms with Crippen molar-refractivity contribution in [1.82, 2.24) is 10.6 Å². The first-order valence-electron chi connectivity index (χ1n) is 8.03. The number of alkyl halides is 2. The highest BCUT2D eigenvalue weighted by Crippen LogP contribution is 2.29. The molecule has 0 fully saturated rings. The summed E-state index contributed by atoms with van der Waals surface area (Å²) in [6.45, 7) is 6.49. The SMILES string of the molecule is CCNC(=NCc1ccc(OC)c(OC(F)F)c1)NC(C)C(C)C.I. The summed E-state index contributed by atoms with van der Waals surface area (Å²) in [5, 5.41) is 6.49. The highest BCUT2D eigenvalue weighted by molar-refractivity contribution is 14.0. The third-order valence-electron chi connectivity index (χ3n) is 3.57. The number of benzene rings is 1. The number of halogens is 3. The van der Waals surface area contributed by atoms with Gasteiger partial charge in [-0.15, -0.1) is 24.0 Å². The first-order chi connectivity index (χ1) is 11.4. The van der Waals surface area contributed by atoms with E-state index in [0.29, 0.717) is 18.4 Å². The van der Waals surface area contributed by atoms with Crippen LogP contribution in [0.4, 0.5) is 8.78 Å². The maximum absolute atomic E-state index is 12.5. The molecule has 1 aromatic rings. The average Bonchev–Trinajstić information content (AvgIpc) is 2.52. The zero-order valence-corrected chi connectivity index (χ0v) is 17.6. The molecule has 0 radical (unpaired) electrons. The number of rotatable bonds is 8. The quantitative estimate of drug-likeness (QED) is 0.342. The van der Waals surface area contributed by atoms with E-state index in [0.717, 1.165) is 12.1 Å². The summed E-state index contributed by atoms with van der Waals surface area (Å²) < 4.78 is 34.5. The van der Waals surface area contributed by atoms with Crippen LogP contribution in [0.5, 0.6) is 11.5 Å². The molecular formula is C17H28F2IN3O2. The van der Waals surface area contributed by atoms with Gasteiger partial charge in [-0.25, -0.2) is 4.99 Å². The summed E-state index contributed by atoms with van der Waals surface area (Å²) in [6.07, 6.45) is 0. The van der Waals surface area contributed by atoms with E-state index in [1.54, 1.807) is 12.1 Å². The van der Waals surface area contributed by atoms with Crippen LogP contribution in [0.3, 0.4) is 0 Å². The molecule has 0 saturated carbocycles. The van der Waals surface area contributed by atoms with Crippen LogP contribution < -0.4 is 20.1 Å². The van der Waals surface area contributed by atoms with Crippen molar-refractivity contribution in [2.24, 2.45) is 10.9 Å². The molecule has 0 aromatic heterocycles. The van der Waals surface area contributed by atoms with Crippen LogP contribution in [0.2, 0.25) is 0 Å². The summed E-state index contributed by atoms with van der Waals surface area (Å²) in [5.74, 6) is 1.42.